The van der Waals surface area contributed by atoms with E-state index in [1.165, 1.54) is 19.2 Å². The molecule has 106 valence electrons. The number of fused-ring (bicyclic) bond motifs is 2. The van der Waals surface area contributed by atoms with E-state index in [9.17, 15) is 13.6 Å². The number of carbonyl (C=O) groups excluding carboxylic acids is 1. The number of hydrogen-bond acceptors (Lipinski definition) is 3. The lowest BCUT2D eigenvalue weighted by Gasteiger charge is -2.25. The molecule has 0 aliphatic carbocycles. The monoisotopic (exact) mass is 296 g/mol. The highest BCUT2D eigenvalue weighted by Gasteiger charge is 2.39. The van der Waals surface area contributed by atoms with E-state index in [2.05, 4.69) is 0 Å². The molecule has 5 heteroatoms. The van der Waals surface area contributed by atoms with Crippen LogP contribution in [0.2, 0.25) is 0 Å². The fraction of sp³-hybridized carbons (Fsp3) is 0.400. The topological polar surface area (TPSA) is 26.3 Å². The molecule has 2 nitrogen and oxygen atoms in total. The Bertz CT molecular complexity index is 598. The van der Waals surface area contributed by atoms with E-state index in [-0.39, 0.29) is 11.2 Å². The van der Waals surface area contributed by atoms with Gasteiger partial charge in [0.25, 0.3) is 0 Å². The third kappa shape index (κ3) is 2.24. The van der Waals surface area contributed by atoms with Crippen LogP contribution in [0.1, 0.15) is 24.8 Å². The fourth-order valence-electron chi connectivity index (χ4n) is 2.92. The van der Waals surface area contributed by atoms with Crippen LogP contribution in [0.4, 0.5) is 8.78 Å². The van der Waals surface area contributed by atoms with Crippen LogP contribution in [-0.2, 0) is 9.53 Å². The maximum Gasteiger partial charge on any atom is 0.335 e. The Morgan fingerprint density at radius 2 is 2.10 bits per heavy atom. The molecule has 1 aromatic carbocycles. The van der Waals surface area contributed by atoms with Gasteiger partial charge in [-0.1, -0.05) is 6.07 Å². The van der Waals surface area contributed by atoms with Crippen LogP contribution in [0.5, 0.6) is 0 Å². The van der Waals surface area contributed by atoms with Gasteiger partial charge in [0.1, 0.15) is 0 Å². The molecule has 2 atom stereocenters. The minimum Gasteiger partial charge on any atom is -0.466 e. The lowest BCUT2D eigenvalue weighted by Crippen LogP contribution is -2.20. The zero-order valence-electron chi connectivity index (χ0n) is 11.0. The molecular formula is C15H14F2O2S. The SMILES string of the molecule is COC(=O)C1=C(c2ccc(F)c(F)c2)CC2CCC1S2. The van der Waals surface area contributed by atoms with Crippen molar-refractivity contribution in [3.05, 3.63) is 41.0 Å². The van der Waals surface area contributed by atoms with Crippen LogP contribution in [0.3, 0.4) is 0 Å². The number of methoxy groups -OCH3 is 1. The van der Waals surface area contributed by atoms with E-state index in [0.29, 0.717) is 22.8 Å². The highest BCUT2D eigenvalue weighted by atomic mass is 32.2. The first-order valence-electron chi connectivity index (χ1n) is 6.52. The van der Waals surface area contributed by atoms with Gasteiger partial charge in [-0.2, -0.15) is 0 Å². The summed E-state index contributed by atoms with van der Waals surface area (Å²) >= 11 is 1.78. The molecule has 2 bridgehead atoms. The van der Waals surface area contributed by atoms with Crippen LogP contribution < -0.4 is 0 Å². The van der Waals surface area contributed by atoms with Crippen LogP contribution >= 0.6 is 11.8 Å². The van der Waals surface area contributed by atoms with E-state index < -0.39 is 11.6 Å². The molecule has 1 aromatic rings. The van der Waals surface area contributed by atoms with E-state index in [1.54, 1.807) is 11.8 Å². The lowest BCUT2D eigenvalue weighted by molar-refractivity contribution is -0.136. The molecule has 3 rings (SSSR count). The summed E-state index contributed by atoms with van der Waals surface area (Å²) in [5.74, 6) is -2.12. The van der Waals surface area contributed by atoms with Crippen molar-refractivity contribution in [1.82, 2.24) is 0 Å². The first-order chi connectivity index (χ1) is 9.60. The predicted octanol–water partition coefficient (Wildman–Crippen LogP) is 3.56. The van der Waals surface area contributed by atoms with Gasteiger partial charge in [-0.15, -0.1) is 11.8 Å². The highest BCUT2D eigenvalue weighted by Crippen LogP contribution is 2.49. The number of ether oxygens (including phenoxy) is 1. The number of hydrogen-bond donors (Lipinski definition) is 0. The minimum absolute atomic E-state index is 0.115. The smallest absolute Gasteiger partial charge is 0.335 e. The quantitative estimate of drug-likeness (QED) is 0.781. The lowest BCUT2D eigenvalue weighted by atomic mass is 9.95. The zero-order valence-corrected chi connectivity index (χ0v) is 11.8. The summed E-state index contributed by atoms with van der Waals surface area (Å²) in [5, 5.41) is 0.570. The molecule has 20 heavy (non-hydrogen) atoms. The second-order valence-electron chi connectivity index (χ2n) is 5.04. The number of esters is 1. The van der Waals surface area contributed by atoms with Crippen molar-refractivity contribution in [2.24, 2.45) is 0 Å². The molecule has 0 N–H and O–H groups in total. The highest BCUT2D eigenvalue weighted by molar-refractivity contribution is 8.01. The molecular weight excluding hydrogens is 282 g/mol. The maximum atomic E-state index is 13.4. The molecule has 0 aromatic heterocycles. The zero-order chi connectivity index (χ0) is 14.3. The van der Waals surface area contributed by atoms with Gasteiger partial charge in [0.15, 0.2) is 11.6 Å². The third-order valence-electron chi connectivity index (χ3n) is 3.86. The number of rotatable bonds is 2. The Morgan fingerprint density at radius 1 is 1.30 bits per heavy atom. The van der Waals surface area contributed by atoms with Crippen LogP contribution in [0, 0.1) is 11.6 Å². The van der Waals surface area contributed by atoms with Gasteiger partial charge >= 0.3 is 5.97 Å². The summed E-state index contributed by atoms with van der Waals surface area (Å²) in [4.78, 5) is 12.0. The summed E-state index contributed by atoms with van der Waals surface area (Å²) in [6.45, 7) is 0. The van der Waals surface area contributed by atoms with E-state index in [0.717, 1.165) is 24.5 Å². The summed E-state index contributed by atoms with van der Waals surface area (Å²) in [6, 6.07) is 3.81. The second-order valence-corrected chi connectivity index (χ2v) is 6.55. The third-order valence-corrected chi connectivity index (χ3v) is 5.45. The minimum atomic E-state index is -0.884. The molecule has 1 fully saturated rings. The Morgan fingerprint density at radius 3 is 2.80 bits per heavy atom. The molecule has 2 heterocycles. The Hall–Kier alpha value is -1.36. The number of allylic oxidation sites excluding steroid dienone is 1. The summed E-state index contributed by atoms with van der Waals surface area (Å²) in [6.07, 6.45) is 2.69. The maximum absolute atomic E-state index is 13.4. The van der Waals surface area contributed by atoms with Crippen molar-refractivity contribution in [3.8, 4) is 0 Å². The van der Waals surface area contributed by atoms with E-state index >= 15 is 0 Å². The molecule has 0 amide bonds. The van der Waals surface area contributed by atoms with Gasteiger partial charge < -0.3 is 4.74 Å². The van der Waals surface area contributed by atoms with Crippen molar-refractivity contribution in [3.63, 3.8) is 0 Å². The van der Waals surface area contributed by atoms with Crippen molar-refractivity contribution in [2.75, 3.05) is 7.11 Å². The van der Waals surface area contributed by atoms with Gasteiger partial charge in [-0.25, -0.2) is 13.6 Å². The van der Waals surface area contributed by atoms with Crippen molar-refractivity contribution < 1.29 is 18.3 Å². The van der Waals surface area contributed by atoms with Crippen molar-refractivity contribution in [1.29, 1.82) is 0 Å². The number of halogens is 2. The van der Waals surface area contributed by atoms with Gasteiger partial charge in [0.2, 0.25) is 0 Å². The number of benzene rings is 1. The largest absolute Gasteiger partial charge is 0.466 e. The number of thioether (sulfide) groups is 1. The molecule has 2 aliphatic heterocycles. The first kappa shape index (κ1) is 13.6. The standard InChI is InChI=1S/C15H14F2O2S/c1-19-15(18)14-10(7-9-3-5-13(14)20-9)8-2-4-11(16)12(17)6-8/h2,4,6,9,13H,3,5,7H2,1H3. The van der Waals surface area contributed by atoms with Crippen molar-refractivity contribution >= 4 is 23.3 Å². The first-order valence-corrected chi connectivity index (χ1v) is 7.46. The molecule has 0 spiro atoms. The van der Waals surface area contributed by atoms with Gasteiger partial charge in [0.05, 0.1) is 12.7 Å². The van der Waals surface area contributed by atoms with Crippen LogP contribution in [0.15, 0.2) is 23.8 Å². The predicted molar refractivity (Wildman–Crippen MR) is 74.3 cm³/mol. The van der Waals surface area contributed by atoms with Crippen LogP contribution in [-0.4, -0.2) is 23.6 Å². The fourth-order valence-corrected chi connectivity index (χ4v) is 4.57. The summed E-state index contributed by atoms with van der Waals surface area (Å²) < 4.78 is 31.4. The Balaban J connectivity index is 2.10. The normalized spacial score (nSPS) is 24.9. The van der Waals surface area contributed by atoms with Crippen molar-refractivity contribution in [2.45, 2.75) is 29.8 Å². The number of carbonyl (C=O) groups is 1. The molecule has 2 aliphatic rings. The molecule has 1 saturated heterocycles. The summed E-state index contributed by atoms with van der Waals surface area (Å²) in [7, 11) is 1.35. The van der Waals surface area contributed by atoms with Gasteiger partial charge in [-0.3, -0.25) is 0 Å². The van der Waals surface area contributed by atoms with E-state index in [4.69, 9.17) is 4.74 Å². The molecule has 0 radical (unpaired) electrons. The van der Waals surface area contributed by atoms with Gasteiger partial charge in [-0.05, 0) is 42.5 Å². The second kappa shape index (κ2) is 5.20. The summed E-state index contributed by atoms with van der Waals surface area (Å²) in [5.41, 5.74) is 2.01. The molecule has 2 unspecified atom stereocenters. The average molecular weight is 296 g/mol. The Kier molecular flexibility index (Phi) is 3.54. The van der Waals surface area contributed by atoms with Gasteiger partial charge in [0, 0.05) is 10.5 Å². The van der Waals surface area contributed by atoms with E-state index in [1.807, 2.05) is 0 Å². The molecule has 0 saturated carbocycles. The Labute approximate surface area is 120 Å². The van der Waals surface area contributed by atoms with Crippen LogP contribution in [0.25, 0.3) is 5.57 Å². The average Bonchev–Trinajstić information content (AvgIpc) is 2.82.